The molecule has 3 N–H and O–H groups in total. The molecule has 0 aromatic rings. The van der Waals surface area contributed by atoms with Crippen LogP contribution < -0.4 is 5.73 Å². The highest BCUT2D eigenvalue weighted by molar-refractivity contribution is 5.70. The van der Waals surface area contributed by atoms with Crippen LogP contribution in [0.15, 0.2) is 0 Å². The summed E-state index contributed by atoms with van der Waals surface area (Å²) in [6.07, 6.45) is 2.96. The van der Waals surface area contributed by atoms with Crippen LogP contribution in [0.3, 0.4) is 0 Å². The van der Waals surface area contributed by atoms with E-state index in [1.165, 1.54) is 0 Å². The topological polar surface area (TPSA) is 72.5 Å². The van der Waals surface area contributed by atoms with Crippen LogP contribution in [0.2, 0.25) is 0 Å². The van der Waals surface area contributed by atoms with E-state index in [0.717, 1.165) is 19.3 Å². The van der Waals surface area contributed by atoms with Gasteiger partial charge in [-0.1, -0.05) is 33.6 Å². The summed E-state index contributed by atoms with van der Waals surface area (Å²) in [7, 11) is 0. The van der Waals surface area contributed by atoms with E-state index >= 15 is 0 Å². The average Bonchev–Trinajstić information content (AvgIpc) is 2.23. The maximum Gasteiger partial charge on any atom is 0.308 e. The summed E-state index contributed by atoms with van der Waals surface area (Å²) in [6.45, 7) is 6.61. The molecule has 4 nitrogen and oxygen atoms in total. The first-order chi connectivity index (χ1) is 7.97. The Morgan fingerprint density at radius 3 is 2.53 bits per heavy atom. The Labute approximate surface area is 105 Å². The van der Waals surface area contributed by atoms with Gasteiger partial charge in [0.2, 0.25) is 0 Å². The van der Waals surface area contributed by atoms with Crippen LogP contribution >= 0.6 is 0 Å². The van der Waals surface area contributed by atoms with Gasteiger partial charge in [0, 0.05) is 6.04 Å². The van der Waals surface area contributed by atoms with Crippen LogP contribution in [0, 0.1) is 5.92 Å². The zero-order chi connectivity index (χ0) is 13.3. The van der Waals surface area contributed by atoms with Gasteiger partial charge in [-0.25, -0.2) is 0 Å². The van der Waals surface area contributed by atoms with Gasteiger partial charge < -0.3 is 15.6 Å². The van der Waals surface area contributed by atoms with E-state index in [-0.39, 0.29) is 18.4 Å². The van der Waals surface area contributed by atoms with Crippen molar-refractivity contribution in [2.75, 3.05) is 6.61 Å². The molecule has 17 heavy (non-hydrogen) atoms. The minimum atomic E-state index is -0.795. The fourth-order valence-corrected chi connectivity index (χ4v) is 1.62. The molecule has 0 aromatic carbocycles. The van der Waals surface area contributed by atoms with Crippen molar-refractivity contribution >= 4 is 5.97 Å². The Morgan fingerprint density at radius 2 is 2.00 bits per heavy atom. The first-order valence-electron chi connectivity index (χ1n) is 6.56. The predicted octanol–water partition coefficient (Wildman–Crippen LogP) is 1.84. The Morgan fingerprint density at radius 1 is 1.35 bits per heavy atom. The van der Waals surface area contributed by atoms with Crippen molar-refractivity contribution in [2.24, 2.45) is 11.7 Å². The SMILES string of the molecule is CCCCCOC(=O)C[C@H](O)[C@@H](N)CC(C)C. The number of esters is 1. The number of aliphatic hydroxyl groups is 1. The van der Waals surface area contributed by atoms with Gasteiger partial charge in [0.25, 0.3) is 0 Å². The largest absolute Gasteiger partial charge is 0.466 e. The summed E-state index contributed by atoms with van der Waals surface area (Å²) in [4.78, 5) is 11.4. The van der Waals surface area contributed by atoms with Gasteiger partial charge in [0.15, 0.2) is 0 Å². The van der Waals surface area contributed by atoms with Gasteiger partial charge in [-0.05, 0) is 18.8 Å². The van der Waals surface area contributed by atoms with Crippen molar-refractivity contribution < 1.29 is 14.6 Å². The summed E-state index contributed by atoms with van der Waals surface area (Å²) in [5, 5.41) is 9.71. The van der Waals surface area contributed by atoms with Crippen molar-refractivity contribution in [1.82, 2.24) is 0 Å². The quantitative estimate of drug-likeness (QED) is 0.480. The highest BCUT2D eigenvalue weighted by Gasteiger charge is 2.20. The summed E-state index contributed by atoms with van der Waals surface area (Å²) in [5.41, 5.74) is 5.79. The minimum absolute atomic E-state index is 0.0000116. The van der Waals surface area contributed by atoms with Gasteiger partial charge in [-0.3, -0.25) is 4.79 Å². The van der Waals surface area contributed by atoms with Gasteiger partial charge in [0.05, 0.1) is 19.1 Å². The zero-order valence-corrected chi connectivity index (χ0v) is 11.3. The smallest absolute Gasteiger partial charge is 0.308 e. The average molecular weight is 245 g/mol. The van der Waals surface area contributed by atoms with E-state index in [1.54, 1.807) is 0 Å². The Kier molecular flexibility index (Phi) is 9.09. The Bertz CT molecular complexity index is 207. The molecule has 0 aromatic heterocycles. The molecule has 0 saturated heterocycles. The van der Waals surface area contributed by atoms with Crippen molar-refractivity contribution in [2.45, 2.75) is 65.0 Å². The monoisotopic (exact) mass is 245 g/mol. The molecule has 0 amide bonds. The Balaban J connectivity index is 3.71. The summed E-state index contributed by atoms with van der Waals surface area (Å²) < 4.78 is 5.02. The van der Waals surface area contributed by atoms with Gasteiger partial charge in [0.1, 0.15) is 0 Å². The molecule has 4 heteroatoms. The maximum atomic E-state index is 11.4. The van der Waals surface area contributed by atoms with E-state index in [2.05, 4.69) is 6.92 Å². The lowest BCUT2D eigenvalue weighted by atomic mass is 9.98. The molecular weight excluding hydrogens is 218 g/mol. The third-order valence-corrected chi connectivity index (χ3v) is 2.62. The second-order valence-electron chi connectivity index (χ2n) is 4.99. The molecule has 0 saturated carbocycles. The van der Waals surface area contributed by atoms with Crippen LogP contribution in [0.1, 0.15) is 52.9 Å². The van der Waals surface area contributed by atoms with Crippen molar-refractivity contribution in [1.29, 1.82) is 0 Å². The molecule has 0 unspecified atom stereocenters. The number of unbranched alkanes of at least 4 members (excludes halogenated alkanes) is 2. The van der Waals surface area contributed by atoms with Crippen LogP contribution in [0.25, 0.3) is 0 Å². The molecule has 0 heterocycles. The van der Waals surface area contributed by atoms with Crippen LogP contribution in [-0.4, -0.2) is 29.8 Å². The van der Waals surface area contributed by atoms with Crippen LogP contribution in [0.5, 0.6) is 0 Å². The molecule has 102 valence electrons. The van der Waals surface area contributed by atoms with Gasteiger partial charge in [-0.15, -0.1) is 0 Å². The molecule has 0 aliphatic carbocycles. The highest BCUT2D eigenvalue weighted by Crippen LogP contribution is 2.09. The first-order valence-corrected chi connectivity index (χ1v) is 6.56. The molecule has 0 bridgehead atoms. The summed E-state index contributed by atoms with van der Waals surface area (Å²) >= 11 is 0. The predicted molar refractivity (Wildman–Crippen MR) is 68.5 cm³/mol. The van der Waals surface area contributed by atoms with Crippen molar-refractivity contribution in [3.63, 3.8) is 0 Å². The molecule has 0 fully saturated rings. The Hall–Kier alpha value is -0.610. The van der Waals surface area contributed by atoms with Gasteiger partial charge >= 0.3 is 5.97 Å². The number of carbonyl (C=O) groups is 1. The van der Waals surface area contributed by atoms with E-state index < -0.39 is 6.10 Å². The molecular formula is C13H27NO3. The fourth-order valence-electron chi connectivity index (χ4n) is 1.62. The molecule has 0 aliphatic rings. The van der Waals surface area contributed by atoms with Crippen LogP contribution in [0.4, 0.5) is 0 Å². The first kappa shape index (κ1) is 16.4. The molecule has 0 spiro atoms. The number of rotatable bonds is 9. The maximum absolute atomic E-state index is 11.4. The number of ether oxygens (including phenoxy) is 1. The molecule has 0 rings (SSSR count). The van der Waals surface area contributed by atoms with Crippen molar-refractivity contribution in [3.8, 4) is 0 Å². The molecule has 0 aliphatic heterocycles. The second-order valence-corrected chi connectivity index (χ2v) is 4.99. The summed E-state index contributed by atoms with van der Waals surface area (Å²) in [5.74, 6) is 0.0630. The van der Waals surface area contributed by atoms with E-state index in [9.17, 15) is 9.90 Å². The van der Waals surface area contributed by atoms with Gasteiger partial charge in [-0.2, -0.15) is 0 Å². The van der Waals surface area contributed by atoms with Crippen LogP contribution in [-0.2, 0) is 9.53 Å². The normalized spacial score (nSPS) is 14.7. The standard InChI is InChI=1S/C13H27NO3/c1-4-5-6-7-17-13(16)9-12(15)11(14)8-10(2)3/h10-12,15H,4-9,14H2,1-3H3/t11-,12-/m0/s1. The van der Waals surface area contributed by atoms with E-state index in [4.69, 9.17) is 10.5 Å². The number of nitrogens with two attached hydrogens (primary N) is 1. The number of carbonyl (C=O) groups excluding carboxylic acids is 1. The zero-order valence-electron chi connectivity index (χ0n) is 11.3. The number of aliphatic hydroxyl groups excluding tert-OH is 1. The molecule has 2 atom stereocenters. The van der Waals surface area contributed by atoms with E-state index in [1.807, 2.05) is 13.8 Å². The minimum Gasteiger partial charge on any atom is -0.466 e. The second kappa shape index (κ2) is 9.42. The third-order valence-electron chi connectivity index (χ3n) is 2.62. The lowest BCUT2D eigenvalue weighted by Gasteiger charge is -2.19. The number of hydrogen-bond acceptors (Lipinski definition) is 4. The summed E-state index contributed by atoms with van der Waals surface area (Å²) in [6, 6.07) is -0.349. The fraction of sp³-hybridized carbons (Fsp3) is 0.923. The lowest BCUT2D eigenvalue weighted by molar-refractivity contribution is -0.146. The molecule has 0 radical (unpaired) electrons. The van der Waals surface area contributed by atoms with Crippen molar-refractivity contribution in [3.05, 3.63) is 0 Å². The highest BCUT2D eigenvalue weighted by atomic mass is 16.5. The third kappa shape index (κ3) is 9.12. The lowest BCUT2D eigenvalue weighted by Crippen LogP contribution is -2.37. The number of hydrogen-bond donors (Lipinski definition) is 2. The van der Waals surface area contributed by atoms with E-state index in [0.29, 0.717) is 18.9 Å².